The Kier molecular flexibility index (Phi) is 10.1. The van der Waals surface area contributed by atoms with Gasteiger partial charge in [-0.1, -0.05) is 74.9 Å². The van der Waals surface area contributed by atoms with Crippen LogP contribution in [0.4, 0.5) is 17.3 Å². The first-order chi connectivity index (χ1) is 19.4. The van der Waals surface area contributed by atoms with Gasteiger partial charge in [-0.2, -0.15) is 0 Å². The van der Waals surface area contributed by atoms with E-state index in [-0.39, 0.29) is 11.5 Å². The number of pyridine rings is 2. The molecular formula is C33H41N7. The van der Waals surface area contributed by atoms with Crippen LogP contribution < -0.4 is 22.1 Å². The molecule has 0 unspecified atom stereocenters. The Hall–Kier alpha value is -4.39. The Balaban J connectivity index is 1.31. The third-order valence-corrected chi connectivity index (χ3v) is 7.31. The van der Waals surface area contributed by atoms with Gasteiger partial charge >= 0.3 is 0 Å². The molecule has 1 aromatic carbocycles. The van der Waals surface area contributed by atoms with E-state index in [9.17, 15) is 0 Å². The third-order valence-electron chi connectivity index (χ3n) is 7.31. The Morgan fingerprint density at radius 1 is 0.975 bits per heavy atom. The molecule has 1 aliphatic carbocycles. The van der Waals surface area contributed by atoms with Crippen LogP contribution in [-0.4, -0.2) is 21.7 Å². The summed E-state index contributed by atoms with van der Waals surface area (Å²) >= 11 is 0. The minimum absolute atomic E-state index is 0.233. The molecule has 2 heterocycles. The van der Waals surface area contributed by atoms with Crippen LogP contribution in [0.15, 0.2) is 79.8 Å². The largest absolute Gasteiger partial charge is 0.398 e. The fourth-order valence-corrected chi connectivity index (χ4v) is 5.02. The third kappa shape index (κ3) is 7.82. The predicted molar refractivity (Wildman–Crippen MR) is 169 cm³/mol. The van der Waals surface area contributed by atoms with Crippen LogP contribution in [0.3, 0.4) is 0 Å². The van der Waals surface area contributed by atoms with Crippen molar-refractivity contribution in [3.05, 3.63) is 102 Å². The van der Waals surface area contributed by atoms with Gasteiger partial charge in [-0.05, 0) is 56.2 Å². The number of unbranched alkanes of at least 4 members (excludes halogenated alkanes) is 2. The fraction of sp³-hybridized carbons (Fsp3) is 0.303. The lowest BCUT2D eigenvalue weighted by molar-refractivity contribution is 0.392. The summed E-state index contributed by atoms with van der Waals surface area (Å²) in [6.45, 7) is 8.32. The minimum atomic E-state index is 0.233. The maximum atomic E-state index is 8.82. The van der Waals surface area contributed by atoms with E-state index < -0.39 is 0 Å². The monoisotopic (exact) mass is 535 g/mol. The van der Waals surface area contributed by atoms with Crippen LogP contribution in [0.2, 0.25) is 0 Å². The van der Waals surface area contributed by atoms with Gasteiger partial charge in [0.05, 0.1) is 17.0 Å². The van der Waals surface area contributed by atoms with Crippen LogP contribution in [0.1, 0.15) is 80.0 Å². The van der Waals surface area contributed by atoms with E-state index in [0.29, 0.717) is 22.9 Å². The van der Waals surface area contributed by atoms with Gasteiger partial charge in [0.15, 0.2) is 0 Å². The van der Waals surface area contributed by atoms with E-state index in [4.69, 9.17) is 16.9 Å². The van der Waals surface area contributed by atoms with Gasteiger partial charge in [0.2, 0.25) is 0 Å². The van der Waals surface area contributed by atoms with Crippen molar-refractivity contribution in [1.82, 2.24) is 15.3 Å². The van der Waals surface area contributed by atoms with Crippen molar-refractivity contribution in [3.63, 3.8) is 0 Å². The number of benzene rings is 1. The number of rotatable bonds is 13. The number of nitrogens with two attached hydrogens (primary N) is 2. The molecule has 0 bridgehead atoms. The lowest BCUT2D eigenvalue weighted by Crippen LogP contribution is -2.29. The summed E-state index contributed by atoms with van der Waals surface area (Å²) in [5.74, 6) is 0.965. The van der Waals surface area contributed by atoms with Gasteiger partial charge in [0, 0.05) is 41.0 Å². The fourth-order valence-electron chi connectivity index (χ4n) is 5.02. The molecule has 1 aliphatic rings. The average molecular weight is 536 g/mol. The van der Waals surface area contributed by atoms with Gasteiger partial charge in [-0.3, -0.25) is 5.41 Å². The van der Waals surface area contributed by atoms with Crippen LogP contribution in [0, 0.1) is 5.41 Å². The number of nitrogens with zero attached hydrogens (tertiary/aromatic N) is 2. The van der Waals surface area contributed by atoms with E-state index in [1.54, 1.807) is 12.4 Å². The molecule has 3 aromatic rings. The maximum Gasteiger partial charge on any atom is 0.134 e. The molecular weight excluding hydrogens is 494 g/mol. The maximum absolute atomic E-state index is 8.82. The molecule has 7 heteroatoms. The van der Waals surface area contributed by atoms with Gasteiger partial charge in [-0.15, -0.1) is 0 Å². The van der Waals surface area contributed by atoms with Crippen molar-refractivity contribution in [2.75, 3.05) is 16.8 Å². The topological polar surface area (TPSA) is 126 Å². The minimum Gasteiger partial charge on any atom is -0.398 e. The molecule has 7 nitrogen and oxygen atoms in total. The van der Waals surface area contributed by atoms with Gasteiger partial charge in [0.1, 0.15) is 11.6 Å². The van der Waals surface area contributed by atoms with E-state index in [2.05, 4.69) is 39.8 Å². The van der Waals surface area contributed by atoms with Gasteiger partial charge in [0.25, 0.3) is 0 Å². The highest BCUT2D eigenvalue weighted by Crippen LogP contribution is 2.27. The highest BCUT2D eigenvalue weighted by atomic mass is 15.0. The Labute approximate surface area is 238 Å². The Morgan fingerprint density at radius 3 is 2.45 bits per heavy atom. The van der Waals surface area contributed by atoms with Crippen molar-refractivity contribution in [2.45, 2.75) is 63.8 Å². The summed E-state index contributed by atoms with van der Waals surface area (Å²) in [7, 11) is 0. The van der Waals surface area contributed by atoms with Crippen LogP contribution >= 0.6 is 0 Å². The Bertz CT molecular complexity index is 1340. The zero-order chi connectivity index (χ0) is 28.3. The molecule has 208 valence electrons. The van der Waals surface area contributed by atoms with Gasteiger partial charge in [-0.25, -0.2) is 9.97 Å². The smallest absolute Gasteiger partial charge is 0.134 e. The second-order valence-corrected chi connectivity index (χ2v) is 10.4. The van der Waals surface area contributed by atoms with E-state index in [1.807, 2.05) is 48.5 Å². The lowest BCUT2D eigenvalue weighted by Gasteiger charge is -2.24. The standard InChI is InChI=1S/C33H41N7/c1-23(39-28-14-8-5-9-15-28)12-6-3-4-7-13-27-22-38-33(36)30(32(27)35)31(34)26-19-17-25(18-20-26)24(2)40-29-16-10-11-21-37-29/h7,10-11,13,16-22,28,34,39H,1-6,8-9,12,14-15H2,(H,37,40)(H4,35,36,38)/b13-7+,34-31?. The molecule has 0 spiro atoms. The molecule has 7 N–H and O–H groups in total. The highest BCUT2D eigenvalue weighted by Gasteiger charge is 2.16. The molecule has 0 saturated heterocycles. The van der Waals surface area contributed by atoms with Crippen LogP contribution in [0.5, 0.6) is 0 Å². The second-order valence-electron chi connectivity index (χ2n) is 10.4. The number of hydrogen-bond acceptors (Lipinski definition) is 7. The second kappa shape index (κ2) is 14.1. The van der Waals surface area contributed by atoms with Crippen molar-refractivity contribution in [2.24, 2.45) is 0 Å². The number of aromatic nitrogens is 2. The molecule has 0 aliphatic heterocycles. The van der Waals surface area contributed by atoms with Crippen molar-refractivity contribution in [3.8, 4) is 0 Å². The summed E-state index contributed by atoms with van der Waals surface area (Å²) in [4.78, 5) is 8.59. The molecule has 0 amide bonds. The predicted octanol–water partition coefficient (Wildman–Crippen LogP) is 7.15. The van der Waals surface area contributed by atoms with Gasteiger partial charge < -0.3 is 22.1 Å². The quantitative estimate of drug-likeness (QED) is 0.117. The summed E-state index contributed by atoms with van der Waals surface area (Å²) in [6, 6.07) is 13.8. The Morgan fingerprint density at radius 2 is 1.73 bits per heavy atom. The first-order valence-corrected chi connectivity index (χ1v) is 14.1. The van der Waals surface area contributed by atoms with Crippen molar-refractivity contribution < 1.29 is 0 Å². The first-order valence-electron chi connectivity index (χ1n) is 14.1. The molecule has 40 heavy (non-hydrogen) atoms. The number of anilines is 3. The molecule has 0 atom stereocenters. The molecule has 0 radical (unpaired) electrons. The summed E-state index contributed by atoms with van der Waals surface area (Å²) in [6.07, 6.45) is 18.1. The SMILES string of the molecule is C=C(CCCC/C=C/c1cnc(N)c(C(=N)c2ccc(C(=C)Nc3ccccn3)cc2)c1N)NC1CCCCC1. The summed E-state index contributed by atoms with van der Waals surface area (Å²) < 4.78 is 0. The van der Waals surface area contributed by atoms with E-state index >= 15 is 0 Å². The molecule has 2 aromatic heterocycles. The number of nitrogen functional groups attached to an aromatic ring is 2. The molecule has 1 saturated carbocycles. The summed E-state index contributed by atoms with van der Waals surface area (Å²) in [5, 5.41) is 15.6. The highest BCUT2D eigenvalue weighted by molar-refractivity contribution is 6.17. The zero-order valence-electron chi connectivity index (χ0n) is 23.3. The van der Waals surface area contributed by atoms with Crippen molar-refractivity contribution in [1.29, 1.82) is 5.41 Å². The van der Waals surface area contributed by atoms with E-state index in [0.717, 1.165) is 54.0 Å². The number of hydrogen-bond donors (Lipinski definition) is 5. The zero-order valence-corrected chi connectivity index (χ0v) is 23.3. The van der Waals surface area contributed by atoms with Crippen LogP contribution in [-0.2, 0) is 0 Å². The number of allylic oxidation sites excluding steroid dienone is 2. The van der Waals surface area contributed by atoms with E-state index in [1.165, 1.54) is 32.1 Å². The lowest BCUT2D eigenvalue weighted by atomic mass is 9.95. The normalized spacial score (nSPS) is 13.7. The van der Waals surface area contributed by atoms with Crippen molar-refractivity contribution >= 4 is 34.8 Å². The molecule has 4 rings (SSSR count). The molecule has 1 fully saturated rings. The average Bonchev–Trinajstić information content (AvgIpc) is 2.97. The van der Waals surface area contributed by atoms with Crippen LogP contribution in [0.25, 0.3) is 11.8 Å². The summed E-state index contributed by atoms with van der Waals surface area (Å²) in [5.41, 5.74) is 18.0. The first kappa shape index (κ1) is 28.6. The number of nitrogens with one attached hydrogen (secondary N) is 3.